The highest BCUT2D eigenvalue weighted by molar-refractivity contribution is 5.72. The van der Waals surface area contributed by atoms with Gasteiger partial charge in [0.15, 0.2) is 0 Å². The van der Waals surface area contributed by atoms with Crippen LogP contribution < -0.4 is 0 Å². The molecule has 1 fully saturated rings. The second-order valence-corrected chi connectivity index (χ2v) is 5.08. The predicted molar refractivity (Wildman–Crippen MR) is 58.5 cm³/mol. The molecule has 1 unspecified atom stereocenters. The van der Waals surface area contributed by atoms with E-state index >= 15 is 0 Å². The monoisotopic (exact) mass is 198 g/mol. The van der Waals surface area contributed by atoms with E-state index in [0.29, 0.717) is 6.02 Å². The molecule has 0 saturated carbocycles. The van der Waals surface area contributed by atoms with Crippen LogP contribution in [-0.4, -0.2) is 30.1 Å². The van der Waals surface area contributed by atoms with Gasteiger partial charge >= 0.3 is 0 Å². The second kappa shape index (κ2) is 4.20. The van der Waals surface area contributed by atoms with Gasteiger partial charge in [-0.05, 0) is 6.42 Å². The van der Waals surface area contributed by atoms with Crippen LogP contribution in [0.5, 0.6) is 0 Å². The molecule has 0 radical (unpaired) electrons. The van der Waals surface area contributed by atoms with Crippen LogP contribution in [0.25, 0.3) is 0 Å². The Labute approximate surface area is 86.9 Å². The second-order valence-electron chi connectivity index (χ2n) is 5.08. The highest BCUT2D eigenvalue weighted by Gasteiger charge is 2.36. The molecular weight excluding hydrogens is 176 g/mol. The van der Waals surface area contributed by atoms with Crippen LogP contribution >= 0.6 is 0 Å². The third kappa shape index (κ3) is 2.63. The molecule has 0 amide bonds. The Morgan fingerprint density at radius 2 is 2.14 bits per heavy atom. The number of amidine groups is 1. The molecule has 3 heteroatoms. The number of nitrogens with one attached hydrogen (secondary N) is 1. The molecule has 0 spiro atoms. The van der Waals surface area contributed by atoms with E-state index in [1.165, 1.54) is 6.42 Å². The Balaban J connectivity index is 2.47. The molecule has 0 aromatic heterocycles. The predicted octanol–water partition coefficient (Wildman–Crippen LogP) is 2.47. The first-order chi connectivity index (χ1) is 6.45. The number of hydrogen-bond acceptors (Lipinski definition) is 2. The molecule has 82 valence electrons. The van der Waals surface area contributed by atoms with Crippen molar-refractivity contribution in [1.29, 1.82) is 5.41 Å². The first-order valence-corrected chi connectivity index (χ1v) is 5.45. The van der Waals surface area contributed by atoms with Crippen molar-refractivity contribution in [2.24, 2.45) is 5.41 Å². The van der Waals surface area contributed by atoms with Gasteiger partial charge in [-0.1, -0.05) is 34.1 Å². The summed E-state index contributed by atoms with van der Waals surface area (Å²) in [5.41, 5.74) is 0.132. The molecule has 3 nitrogen and oxygen atoms in total. The van der Waals surface area contributed by atoms with Gasteiger partial charge in [-0.3, -0.25) is 5.41 Å². The summed E-state index contributed by atoms with van der Waals surface area (Å²) in [6.45, 7) is 10.5. The molecular formula is C11H22N2O. The molecule has 0 aromatic rings. The molecule has 0 aromatic carbocycles. The zero-order valence-electron chi connectivity index (χ0n) is 9.76. The van der Waals surface area contributed by atoms with Gasteiger partial charge < -0.3 is 9.64 Å². The smallest absolute Gasteiger partial charge is 0.284 e. The summed E-state index contributed by atoms with van der Waals surface area (Å²) < 4.78 is 5.54. The maximum Gasteiger partial charge on any atom is 0.284 e. The van der Waals surface area contributed by atoms with Gasteiger partial charge in [0.25, 0.3) is 6.02 Å². The van der Waals surface area contributed by atoms with E-state index in [9.17, 15) is 0 Å². The minimum absolute atomic E-state index is 0.132. The van der Waals surface area contributed by atoms with E-state index in [2.05, 4.69) is 27.7 Å². The highest BCUT2D eigenvalue weighted by atomic mass is 16.5. The highest BCUT2D eigenvalue weighted by Crippen LogP contribution is 2.27. The van der Waals surface area contributed by atoms with Crippen LogP contribution in [0.2, 0.25) is 0 Å². The number of hydrogen-bond donors (Lipinski definition) is 1. The van der Waals surface area contributed by atoms with E-state index < -0.39 is 0 Å². The minimum Gasteiger partial charge on any atom is -0.460 e. The van der Waals surface area contributed by atoms with Crippen LogP contribution in [-0.2, 0) is 4.74 Å². The average molecular weight is 198 g/mol. The Kier molecular flexibility index (Phi) is 3.40. The molecule has 1 saturated heterocycles. The van der Waals surface area contributed by atoms with E-state index in [4.69, 9.17) is 10.1 Å². The van der Waals surface area contributed by atoms with Crippen molar-refractivity contribution in [2.45, 2.75) is 46.6 Å². The van der Waals surface area contributed by atoms with Gasteiger partial charge in [-0.15, -0.1) is 0 Å². The lowest BCUT2D eigenvalue weighted by molar-refractivity contribution is 0.105. The Morgan fingerprint density at radius 1 is 1.50 bits per heavy atom. The van der Waals surface area contributed by atoms with Crippen LogP contribution in [0, 0.1) is 10.8 Å². The van der Waals surface area contributed by atoms with Crippen molar-refractivity contribution in [1.82, 2.24) is 4.90 Å². The van der Waals surface area contributed by atoms with Gasteiger partial charge in [0, 0.05) is 12.0 Å². The minimum atomic E-state index is 0.132. The van der Waals surface area contributed by atoms with E-state index in [1.54, 1.807) is 0 Å². The fourth-order valence-electron chi connectivity index (χ4n) is 1.52. The summed E-state index contributed by atoms with van der Waals surface area (Å²) in [7, 11) is 0. The summed E-state index contributed by atoms with van der Waals surface area (Å²) in [6.07, 6.45) is 2.49. The maximum atomic E-state index is 7.70. The first-order valence-electron chi connectivity index (χ1n) is 5.45. The lowest BCUT2D eigenvalue weighted by atomic mass is 9.89. The van der Waals surface area contributed by atoms with Gasteiger partial charge in [-0.25, -0.2) is 0 Å². The lowest BCUT2D eigenvalue weighted by Gasteiger charge is -2.24. The summed E-state index contributed by atoms with van der Waals surface area (Å²) in [6, 6.07) is 0.360. The van der Waals surface area contributed by atoms with Gasteiger partial charge in [0.1, 0.15) is 6.10 Å². The van der Waals surface area contributed by atoms with Crippen molar-refractivity contribution >= 4 is 6.02 Å². The average Bonchev–Trinajstić information content (AvgIpc) is 2.43. The molecule has 0 aliphatic carbocycles. The fraction of sp³-hybridized carbons (Fsp3) is 0.909. The van der Waals surface area contributed by atoms with Crippen molar-refractivity contribution < 1.29 is 4.74 Å². The van der Waals surface area contributed by atoms with Gasteiger partial charge in [0.05, 0.1) is 6.54 Å². The molecule has 0 bridgehead atoms. The largest absolute Gasteiger partial charge is 0.460 e. The molecule has 1 heterocycles. The zero-order chi connectivity index (χ0) is 10.8. The third-order valence-electron chi connectivity index (χ3n) is 2.67. The Hall–Kier alpha value is -0.730. The van der Waals surface area contributed by atoms with Crippen LogP contribution in [0.15, 0.2) is 0 Å². The van der Waals surface area contributed by atoms with Gasteiger partial charge in [0.2, 0.25) is 0 Å². The first kappa shape index (κ1) is 11.3. The number of nitrogens with zero attached hydrogens (tertiary/aromatic N) is 1. The number of unbranched alkanes of at least 4 members (excludes halogenated alkanes) is 1. The standard InChI is InChI=1S/C11H22N2O/c1-5-6-7-13-8-9(11(2,3)4)14-10(13)12/h9,12H,5-8H2,1-4H3. The molecule has 1 atom stereocenters. The molecule has 1 rings (SSSR count). The number of rotatable bonds is 3. The summed E-state index contributed by atoms with van der Waals surface area (Å²) in [5.74, 6) is 0. The van der Waals surface area contributed by atoms with E-state index in [1.807, 2.05) is 4.90 Å². The van der Waals surface area contributed by atoms with Crippen molar-refractivity contribution in [3.8, 4) is 0 Å². The SMILES string of the molecule is CCCCN1CC(C(C)(C)C)OC1=N. The molecule has 1 aliphatic rings. The van der Waals surface area contributed by atoms with Crippen LogP contribution in [0.1, 0.15) is 40.5 Å². The van der Waals surface area contributed by atoms with Crippen molar-refractivity contribution in [2.75, 3.05) is 13.1 Å². The quantitative estimate of drug-likeness (QED) is 0.756. The van der Waals surface area contributed by atoms with E-state index in [-0.39, 0.29) is 11.5 Å². The summed E-state index contributed by atoms with van der Waals surface area (Å²) in [5, 5.41) is 7.70. The Bertz CT molecular complexity index is 208. The summed E-state index contributed by atoms with van der Waals surface area (Å²) in [4.78, 5) is 2.04. The topological polar surface area (TPSA) is 36.3 Å². The van der Waals surface area contributed by atoms with Crippen LogP contribution in [0.3, 0.4) is 0 Å². The zero-order valence-corrected chi connectivity index (χ0v) is 9.76. The molecule has 1 aliphatic heterocycles. The van der Waals surface area contributed by atoms with Gasteiger partial charge in [-0.2, -0.15) is 0 Å². The fourth-order valence-corrected chi connectivity index (χ4v) is 1.52. The molecule has 14 heavy (non-hydrogen) atoms. The summed E-state index contributed by atoms with van der Waals surface area (Å²) >= 11 is 0. The normalized spacial score (nSPS) is 22.7. The molecule has 1 N–H and O–H groups in total. The number of ether oxygens (including phenoxy) is 1. The third-order valence-corrected chi connectivity index (χ3v) is 2.67. The van der Waals surface area contributed by atoms with Crippen molar-refractivity contribution in [3.05, 3.63) is 0 Å². The Morgan fingerprint density at radius 3 is 2.57 bits per heavy atom. The van der Waals surface area contributed by atoms with Crippen LogP contribution in [0.4, 0.5) is 0 Å². The maximum absolute atomic E-state index is 7.70. The lowest BCUT2D eigenvalue weighted by Crippen LogP contribution is -2.31. The van der Waals surface area contributed by atoms with Crippen molar-refractivity contribution in [3.63, 3.8) is 0 Å². The van der Waals surface area contributed by atoms with E-state index in [0.717, 1.165) is 19.5 Å².